The minimum atomic E-state index is -0.0400. The van der Waals surface area contributed by atoms with Crippen molar-refractivity contribution in [2.75, 3.05) is 18.4 Å². The molecule has 1 aliphatic heterocycles. The van der Waals surface area contributed by atoms with Gasteiger partial charge < -0.3 is 10.2 Å². The van der Waals surface area contributed by atoms with Gasteiger partial charge in [0, 0.05) is 36.7 Å². The molecule has 1 N–H and O–H groups in total. The highest BCUT2D eigenvalue weighted by molar-refractivity contribution is 5.90. The fraction of sp³-hybridized carbons (Fsp3) is 0.333. The summed E-state index contributed by atoms with van der Waals surface area (Å²) < 4.78 is 1.92. The summed E-state index contributed by atoms with van der Waals surface area (Å²) in [7, 11) is 0. The highest BCUT2D eigenvalue weighted by Crippen LogP contribution is 2.25. The largest absolute Gasteiger partial charge is 0.324 e. The lowest BCUT2D eigenvalue weighted by Crippen LogP contribution is -2.41. The Morgan fingerprint density at radius 1 is 1.18 bits per heavy atom. The Kier molecular flexibility index (Phi) is 5.06. The van der Waals surface area contributed by atoms with Crippen LogP contribution in [-0.2, 0) is 0 Å². The number of anilines is 1. The van der Waals surface area contributed by atoms with Crippen LogP contribution in [-0.4, -0.2) is 44.0 Å². The summed E-state index contributed by atoms with van der Waals surface area (Å²) >= 11 is 0. The van der Waals surface area contributed by atoms with E-state index in [0.29, 0.717) is 13.1 Å². The number of carbonyl (C=O) groups is 1. The molecule has 3 aromatic rings. The number of amides is 2. The van der Waals surface area contributed by atoms with Crippen molar-refractivity contribution >= 4 is 11.7 Å². The third kappa shape index (κ3) is 3.88. The molecule has 2 aromatic heterocycles. The molecule has 1 aliphatic rings. The van der Waals surface area contributed by atoms with E-state index >= 15 is 0 Å². The lowest BCUT2D eigenvalue weighted by molar-refractivity contribution is 0.179. The van der Waals surface area contributed by atoms with Gasteiger partial charge in [0.25, 0.3) is 0 Å². The molecular weight excluding hydrogens is 352 g/mol. The first kappa shape index (κ1) is 18.2. The van der Waals surface area contributed by atoms with Crippen molar-refractivity contribution in [3.63, 3.8) is 0 Å². The normalized spacial score (nSPS) is 14.9. The lowest BCUT2D eigenvalue weighted by Gasteiger charge is -2.32. The Morgan fingerprint density at radius 3 is 2.75 bits per heavy atom. The van der Waals surface area contributed by atoms with Crippen molar-refractivity contribution in [3.05, 3.63) is 60.0 Å². The molecule has 2 amide bonds. The van der Waals surface area contributed by atoms with Gasteiger partial charge in [0.1, 0.15) is 5.69 Å². The number of carbonyl (C=O) groups excluding carboxylic acids is 1. The van der Waals surface area contributed by atoms with Crippen molar-refractivity contribution in [2.24, 2.45) is 0 Å². The van der Waals surface area contributed by atoms with E-state index in [2.05, 4.69) is 20.6 Å². The van der Waals surface area contributed by atoms with Crippen LogP contribution in [0, 0.1) is 13.8 Å². The molecular formula is C21H24N6O. The van der Waals surface area contributed by atoms with Gasteiger partial charge >= 0.3 is 6.03 Å². The van der Waals surface area contributed by atoms with Crippen molar-refractivity contribution in [1.82, 2.24) is 24.9 Å². The van der Waals surface area contributed by atoms with Gasteiger partial charge in [0.2, 0.25) is 0 Å². The number of aryl methyl sites for hydroxylation is 2. The molecule has 1 saturated heterocycles. The van der Waals surface area contributed by atoms with Crippen LogP contribution in [0.5, 0.6) is 0 Å². The number of likely N-dealkylation sites (tertiary alicyclic amines) is 1. The van der Waals surface area contributed by atoms with E-state index in [1.165, 1.54) is 0 Å². The third-order valence-corrected chi connectivity index (χ3v) is 5.23. The maximum atomic E-state index is 12.6. The van der Waals surface area contributed by atoms with Crippen molar-refractivity contribution in [3.8, 4) is 11.3 Å². The summed E-state index contributed by atoms with van der Waals surface area (Å²) in [5.41, 5.74) is 4.86. The fourth-order valence-corrected chi connectivity index (χ4v) is 3.50. The summed E-state index contributed by atoms with van der Waals surface area (Å²) in [4.78, 5) is 18.6. The number of hydrogen-bond acceptors (Lipinski definition) is 4. The van der Waals surface area contributed by atoms with Crippen molar-refractivity contribution in [2.45, 2.75) is 32.7 Å². The van der Waals surface area contributed by atoms with Crippen LogP contribution in [0.1, 0.15) is 30.0 Å². The average Bonchev–Trinajstić information content (AvgIpc) is 3.22. The number of nitrogens with one attached hydrogen (secondary N) is 1. The summed E-state index contributed by atoms with van der Waals surface area (Å²) in [6.07, 6.45) is 7.21. The van der Waals surface area contributed by atoms with Crippen LogP contribution in [0.2, 0.25) is 0 Å². The predicted molar refractivity (Wildman–Crippen MR) is 108 cm³/mol. The van der Waals surface area contributed by atoms with Crippen LogP contribution >= 0.6 is 0 Å². The van der Waals surface area contributed by atoms with Gasteiger partial charge in [0.15, 0.2) is 0 Å². The molecule has 3 heterocycles. The maximum Gasteiger partial charge on any atom is 0.321 e. The molecule has 0 unspecified atom stereocenters. The quantitative estimate of drug-likeness (QED) is 0.754. The Bertz CT molecular complexity index is 960. The summed E-state index contributed by atoms with van der Waals surface area (Å²) in [6, 6.07) is 10.2. The molecule has 28 heavy (non-hydrogen) atoms. The number of nitrogens with zero attached hydrogens (tertiary/aromatic N) is 5. The standard InChI is InChI=1S/C21H24N6O/c1-15-5-6-16(2)19(12-15)23-21(28)26-10-7-18(8-11-26)27-14-20(24-25-27)17-4-3-9-22-13-17/h3-6,9,12-14,18H,7-8,10-11H2,1-2H3,(H,23,28). The zero-order valence-corrected chi connectivity index (χ0v) is 16.2. The van der Waals surface area contributed by atoms with Gasteiger partial charge in [-0.05, 0) is 56.0 Å². The molecule has 0 bridgehead atoms. The molecule has 0 spiro atoms. The number of piperidine rings is 1. The second-order valence-corrected chi connectivity index (χ2v) is 7.29. The second kappa shape index (κ2) is 7.80. The fourth-order valence-electron chi connectivity index (χ4n) is 3.50. The predicted octanol–water partition coefficient (Wildman–Crippen LogP) is 3.83. The minimum absolute atomic E-state index is 0.0400. The Morgan fingerprint density at radius 2 is 2.00 bits per heavy atom. The van der Waals surface area contributed by atoms with Crippen molar-refractivity contribution < 1.29 is 4.79 Å². The van der Waals surface area contributed by atoms with Crippen LogP contribution < -0.4 is 5.32 Å². The Hall–Kier alpha value is -3.22. The van der Waals surface area contributed by atoms with E-state index in [1.54, 1.807) is 12.4 Å². The van der Waals surface area contributed by atoms with Crippen LogP contribution in [0.4, 0.5) is 10.5 Å². The first-order chi connectivity index (χ1) is 13.6. The van der Waals surface area contributed by atoms with Gasteiger partial charge in [-0.2, -0.15) is 0 Å². The molecule has 7 heteroatoms. The van der Waals surface area contributed by atoms with Gasteiger partial charge in [-0.1, -0.05) is 17.3 Å². The number of hydrogen-bond donors (Lipinski definition) is 1. The van der Waals surface area contributed by atoms with E-state index in [1.807, 2.05) is 60.0 Å². The number of rotatable bonds is 3. The SMILES string of the molecule is Cc1ccc(C)c(NC(=O)N2CCC(n3cc(-c4cccnc4)nn3)CC2)c1. The monoisotopic (exact) mass is 376 g/mol. The van der Waals surface area contributed by atoms with Gasteiger partial charge in [-0.3, -0.25) is 4.98 Å². The highest BCUT2D eigenvalue weighted by atomic mass is 16.2. The molecule has 0 saturated carbocycles. The molecule has 0 radical (unpaired) electrons. The zero-order valence-electron chi connectivity index (χ0n) is 16.2. The van der Waals surface area contributed by atoms with E-state index in [4.69, 9.17) is 0 Å². The number of pyridine rings is 1. The van der Waals surface area contributed by atoms with Gasteiger partial charge in [-0.25, -0.2) is 9.48 Å². The molecule has 0 aliphatic carbocycles. The zero-order chi connectivity index (χ0) is 19.5. The maximum absolute atomic E-state index is 12.6. The molecule has 1 aromatic carbocycles. The minimum Gasteiger partial charge on any atom is -0.324 e. The number of benzene rings is 1. The highest BCUT2D eigenvalue weighted by Gasteiger charge is 2.25. The molecule has 4 rings (SSSR count). The van der Waals surface area contributed by atoms with Crippen LogP contribution in [0.3, 0.4) is 0 Å². The summed E-state index contributed by atoms with van der Waals surface area (Å²) in [6.45, 7) is 5.43. The molecule has 1 fully saturated rings. The number of urea groups is 1. The van der Waals surface area contributed by atoms with Gasteiger partial charge in [-0.15, -0.1) is 5.10 Å². The smallest absolute Gasteiger partial charge is 0.321 e. The first-order valence-corrected chi connectivity index (χ1v) is 9.55. The number of aromatic nitrogens is 4. The van der Waals surface area contributed by atoms with Gasteiger partial charge in [0.05, 0.1) is 12.2 Å². The summed E-state index contributed by atoms with van der Waals surface area (Å²) in [5.74, 6) is 0. The van der Waals surface area contributed by atoms with E-state index in [-0.39, 0.29) is 12.1 Å². The van der Waals surface area contributed by atoms with E-state index in [9.17, 15) is 4.79 Å². The van der Waals surface area contributed by atoms with E-state index < -0.39 is 0 Å². The molecule has 0 atom stereocenters. The topological polar surface area (TPSA) is 75.9 Å². The summed E-state index contributed by atoms with van der Waals surface area (Å²) in [5, 5.41) is 11.6. The molecule has 144 valence electrons. The second-order valence-electron chi connectivity index (χ2n) is 7.29. The third-order valence-electron chi connectivity index (χ3n) is 5.23. The first-order valence-electron chi connectivity index (χ1n) is 9.55. The average molecular weight is 376 g/mol. The van der Waals surface area contributed by atoms with E-state index in [0.717, 1.165) is 40.9 Å². The Balaban J connectivity index is 1.36. The van der Waals surface area contributed by atoms with Crippen LogP contribution in [0.25, 0.3) is 11.3 Å². The Labute approximate surface area is 164 Å². The van der Waals surface area contributed by atoms with Crippen LogP contribution in [0.15, 0.2) is 48.9 Å². The van der Waals surface area contributed by atoms with Crippen molar-refractivity contribution in [1.29, 1.82) is 0 Å². The molecule has 7 nitrogen and oxygen atoms in total. The lowest BCUT2D eigenvalue weighted by atomic mass is 10.1.